The number of nitrogens with one attached hydrogen (secondary N) is 1. The van der Waals surface area contributed by atoms with Gasteiger partial charge in [0.05, 0.1) is 11.1 Å². The number of para-hydroxylation sites is 1. The first-order chi connectivity index (χ1) is 9.65. The Kier molecular flexibility index (Phi) is 3.26. The molecule has 0 radical (unpaired) electrons. The number of aromatic nitrogens is 1. The molecule has 1 N–H and O–H groups in total. The molecule has 0 bridgehead atoms. The summed E-state index contributed by atoms with van der Waals surface area (Å²) in [5, 5.41) is 4.48. The van der Waals surface area contributed by atoms with Crippen molar-refractivity contribution < 1.29 is 4.74 Å². The normalized spacial score (nSPS) is 16.9. The van der Waals surface area contributed by atoms with E-state index in [0.29, 0.717) is 0 Å². The van der Waals surface area contributed by atoms with Crippen molar-refractivity contribution in [2.24, 2.45) is 7.05 Å². The van der Waals surface area contributed by atoms with Crippen LogP contribution in [0.4, 0.5) is 5.69 Å². The Labute approximate surface area is 118 Å². The fraction of sp³-hybridized carbons (Fsp3) is 0.438. The van der Waals surface area contributed by atoms with Crippen molar-refractivity contribution >= 4 is 16.6 Å². The van der Waals surface area contributed by atoms with Crippen LogP contribution in [0.5, 0.6) is 0 Å². The second kappa shape index (κ2) is 4.94. The van der Waals surface area contributed by atoms with E-state index < -0.39 is 0 Å². The third-order valence-corrected chi connectivity index (χ3v) is 4.45. The van der Waals surface area contributed by atoms with Gasteiger partial charge in [-0.2, -0.15) is 0 Å². The highest BCUT2D eigenvalue weighted by atomic mass is 16.5. The first kappa shape index (κ1) is 13.2. The largest absolute Gasteiger partial charge is 0.381 e. The summed E-state index contributed by atoms with van der Waals surface area (Å²) in [6, 6.07) is 9.63. The molecule has 2 aromatic rings. The summed E-state index contributed by atoms with van der Waals surface area (Å²) in [6.45, 7) is 0.751. The zero-order valence-corrected chi connectivity index (χ0v) is 12.0. The Morgan fingerprint density at radius 2 is 2.10 bits per heavy atom. The van der Waals surface area contributed by atoms with E-state index in [1.54, 1.807) is 24.8 Å². The van der Waals surface area contributed by atoms with E-state index in [2.05, 4.69) is 5.32 Å². The molecule has 1 saturated carbocycles. The number of nitrogens with zero attached hydrogens (tertiary/aromatic N) is 1. The highest BCUT2D eigenvalue weighted by Crippen LogP contribution is 2.35. The smallest absolute Gasteiger partial charge is 0.252 e. The quantitative estimate of drug-likeness (QED) is 0.930. The molecule has 0 aliphatic heterocycles. The van der Waals surface area contributed by atoms with Crippen molar-refractivity contribution in [1.82, 2.24) is 4.57 Å². The van der Waals surface area contributed by atoms with Gasteiger partial charge in [-0.1, -0.05) is 18.2 Å². The predicted molar refractivity (Wildman–Crippen MR) is 81.3 cm³/mol. The fourth-order valence-electron chi connectivity index (χ4n) is 2.84. The number of ether oxygens (including phenoxy) is 1. The molecule has 4 heteroatoms. The van der Waals surface area contributed by atoms with Crippen molar-refractivity contribution in [2.75, 3.05) is 19.0 Å². The summed E-state index contributed by atoms with van der Waals surface area (Å²) >= 11 is 0. The van der Waals surface area contributed by atoms with Crippen LogP contribution in [0.15, 0.2) is 35.1 Å². The number of rotatable bonds is 4. The van der Waals surface area contributed by atoms with Crippen LogP contribution in [0.3, 0.4) is 0 Å². The van der Waals surface area contributed by atoms with E-state index in [9.17, 15) is 4.79 Å². The van der Waals surface area contributed by atoms with Gasteiger partial charge in [-0.25, -0.2) is 0 Å². The topological polar surface area (TPSA) is 43.3 Å². The van der Waals surface area contributed by atoms with Gasteiger partial charge in [0.15, 0.2) is 0 Å². The van der Waals surface area contributed by atoms with E-state index in [1.165, 1.54) is 6.42 Å². The molecule has 0 amide bonds. The monoisotopic (exact) mass is 272 g/mol. The number of benzene rings is 1. The third kappa shape index (κ3) is 2.10. The Morgan fingerprint density at radius 1 is 1.35 bits per heavy atom. The minimum absolute atomic E-state index is 0.00581. The molecular formula is C16H20N2O2. The van der Waals surface area contributed by atoms with Crippen molar-refractivity contribution in [3.05, 3.63) is 40.7 Å². The number of anilines is 1. The van der Waals surface area contributed by atoms with Gasteiger partial charge in [-0.15, -0.1) is 0 Å². The molecule has 1 aromatic carbocycles. The standard InChI is InChI=1S/C16H20N2O2/c1-18-14-7-4-3-6-12(14)13(10-15(18)19)17-11-16(20-2)8-5-9-16/h3-4,6-7,10,17H,5,8-9,11H2,1-2H3. The average Bonchev–Trinajstić information content (AvgIpc) is 2.43. The molecule has 1 aromatic heterocycles. The molecule has 1 fully saturated rings. The molecule has 0 atom stereocenters. The zero-order valence-electron chi connectivity index (χ0n) is 12.0. The van der Waals surface area contributed by atoms with Gasteiger partial charge < -0.3 is 14.6 Å². The first-order valence-electron chi connectivity index (χ1n) is 7.03. The Bertz CT molecular complexity index is 681. The third-order valence-electron chi connectivity index (χ3n) is 4.45. The molecule has 0 saturated heterocycles. The number of aryl methyl sites for hydroxylation is 1. The lowest BCUT2D eigenvalue weighted by atomic mass is 9.80. The van der Waals surface area contributed by atoms with Crippen LogP contribution in [0, 0.1) is 0 Å². The Hall–Kier alpha value is -1.81. The van der Waals surface area contributed by atoms with Crippen LogP contribution in [-0.4, -0.2) is 23.8 Å². The number of fused-ring (bicyclic) bond motifs is 1. The minimum atomic E-state index is -0.0534. The molecule has 1 heterocycles. The molecule has 20 heavy (non-hydrogen) atoms. The van der Waals surface area contributed by atoms with E-state index in [1.807, 2.05) is 24.3 Å². The summed E-state index contributed by atoms with van der Waals surface area (Å²) in [5.74, 6) is 0. The second-order valence-electron chi connectivity index (χ2n) is 5.57. The van der Waals surface area contributed by atoms with Crippen molar-refractivity contribution in [3.8, 4) is 0 Å². The molecular weight excluding hydrogens is 252 g/mol. The van der Waals surface area contributed by atoms with Crippen molar-refractivity contribution in [1.29, 1.82) is 0 Å². The summed E-state index contributed by atoms with van der Waals surface area (Å²) in [7, 11) is 3.57. The fourth-order valence-corrected chi connectivity index (χ4v) is 2.84. The molecule has 0 spiro atoms. The molecule has 3 rings (SSSR count). The maximum Gasteiger partial charge on any atom is 0.252 e. The molecule has 4 nitrogen and oxygen atoms in total. The van der Waals surface area contributed by atoms with Crippen LogP contribution in [-0.2, 0) is 11.8 Å². The highest BCUT2D eigenvalue weighted by molar-refractivity contribution is 5.91. The van der Waals surface area contributed by atoms with Gasteiger partial charge in [0, 0.05) is 37.8 Å². The minimum Gasteiger partial charge on any atom is -0.381 e. The Balaban J connectivity index is 1.95. The van der Waals surface area contributed by atoms with Gasteiger partial charge in [0.25, 0.3) is 5.56 Å². The zero-order chi connectivity index (χ0) is 14.2. The lowest BCUT2D eigenvalue weighted by Crippen LogP contribution is -2.45. The van der Waals surface area contributed by atoms with Gasteiger partial charge in [0.1, 0.15) is 0 Å². The lowest BCUT2D eigenvalue weighted by molar-refractivity contribution is -0.0601. The number of pyridine rings is 1. The van der Waals surface area contributed by atoms with Crippen LogP contribution in [0.1, 0.15) is 19.3 Å². The second-order valence-corrected chi connectivity index (χ2v) is 5.57. The van der Waals surface area contributed by atoms with E-state index >= 15 is 0 Å². The van der Waals surface area contributed by atoms with Gasteiger partial charge >= 0.3 is 0 Å². The number of methoxy groups -OCH3 is 1. The summed E-state index contributed by atoms with van der Waals surface area (Å²) in [4.78, 5) is 12.0. The van der Waals surface area contributed by atoms with E-state index in [0.717, 1.165) is 36.0 Å². The number of hydrogen-bond acceptors (Lipinski definition) is 3. The van der Waals surface area contributed by atoms with Gasteiger partial charge in [-0.3, -0.25) is 4.79 Å². The molecule has 1 aliphatic carbocycles. The van der Waals surface area contributed by atoms with Crippen LogP contribution in [0.25, 0.3) is 10.9 Å². The van der Waals surface area contributed by atoms with Crippen LogP contribution >= 0.6 is 0 Å². The van der Waals surface area contributed by atoms with Crippen molar-refractivity contribution in [3.63, 3.8) is 0 Å². The predicted octanol–water partition coefficient (Wildman–Crippen LogP) is 2.52. The highest BCUT2D eigenvalue weighted by Gasteiger charge is 2.36. The van der Waals surface area contributed by atoms with E-state index in [4.69, 9.17) is 4.74 Å². The Morgan fingerprint density at radius 3 is 2.75 bits per heavy atom. The maximum atomic E-state index is 12.0. The molecule has 0 unspecified atom stereocenters. The maximum absolute atomic E-state index is 12.0. The summed E-state index contributed by atoms with van der Waals surface area (Å²) in [6.07, 6.45) is 3.38. The first-order valence-corrected chi connectivity index (χ1v) is 7.03. The number of hydrogen-bond donors (Lipinski definition) is 1. The van der Waals surface area contributed by atoms with Crippen LogP contribution in [0.2, 0.25) is 0 Å². The van der Waals surface area contributed by atoms with Crippen LogP contribution < -0.4 is 10.9 Å². The van der Waals surface area contributed by atoms with Gasteiger partial charge in [0.2, 0.25) is 0 Å². The summed E-state index contributed by atoms with van der Waals surface area (Å²) in [5.41, 5.74) is 1.79. The van der Waals surface area contributed by atoms with E-state index in [-0.39, 0.29) is 11.2 Å². The SMILES string of the molecule is COC1(CNc2cc(=O)n(C)c3ccccc23)CCC1. The lowest BCUT2D eigenvalue weighted by Gasteiger charge is -2.40. The van der Waals surface area contributed by atoms with Gasteiger partial charge in [-0.05, 0) is 25.3 Å². The average molecular weight is 272 g/mol. The molecule has 1 aliphatic rings. The van der Waals surface area contributed by atoms with Crippen molar-refractivity contribution in [2.45, 2.75) is 24.9 Å². The summed E-state index contributed by atoms with van der Waals surface area (Å²) < 4.78 is 7.29. The molecule has 106 valence electrons.